The summed E-state index contributed by atoms with van der Waals surface area (Å²) in [6.07, 6.45) is 1.75. The van der Waals surface area contributed by atoms with Gasteiger partial charge in [0.25, 0.3) is 0 Å². The molecule has 1 aromatic rings. The summed E-state index contributed by atoms with van der Waals surface area (Å²) in [6.45, 7) is 2.84. The van der Waals surface area contributed by atoms with Gasteiger partial charge in [-0.2, -0.15) is 4.72 Å². The summed E-state index contributed by atoms with van der Waals surface area (Å²) in [7, 11) is -1.84. The summed E-state index contributed by atoms with van der Waals surface area (Å²) >= 11 is 5.76. The third-order valence-corrected chi connectivity index (χ3v) is 5.85. The Hall–Kier alpha value is -0.860. The standard InChI is InChI=1S/C15H22ClN3O3S.ClH/c1-11(15(20)19-9-7-13(17-2)8-10-19)18-23(21,22)14-5-3-12(16)4-6-14;/h3-6,11,13,17-18H,7-10H2,1-2H3;1H. The maximum atomic E-state index is 12.4. The molecular weight excluding hydrogens is 373 g/mol. The minimum absolute atomic E-state index is 0. The molecule has 2 rings (SSSR count). The molecule has 0 aromatic heterocycles. The number of halogens is 2. The van der Waals surface area contributed by atoms with Gasteiger partial charge in [-0.25, -0.2) is 8.42 Å². The van der Waals surface area contributed by atoms with Gasteiger partial charge in [0, 0.05) is 24.2 Å². The van der Waals surface area contributed by atoms with E-state index in [-0.39, 0.29) is 23.2 Å². The molecule has 0 saturated carbocycles. The van der Waals surface area contributed by atoms with E-state index in [0.717, 1.165) is 12.8 Å². The van der Waals surface area contributed by atoms with Gasteiger partial charge in [-0.15, -0.1) is 12.4 Å². The molecule has 0 spiro atoms. The number of carbonyl (C=O) groups excluding carboxylic acids is 1. The highest BCUT2D eigenvalue weighted by Crippen LogP contribution is 2.15. The van der Waals surface area contributed by atoms with Crippen molar-refractivity contribution in [3.05, 3.63) is 29.3 Å². The second-order valence-electron chi connectivity index (χ2n) is 5.69. The van der Waals surface area contributed by atoms with E-state index in [1.807, 2.05) is 7.05 Å². The smallest absolute Gasteiger partial charge is 0.241 e. The molecule has 24 heavy (non-hydrogen) atoms. The first-order valence-electron chi connectivity index (χ1n) is 7.57. The molecule has 1 amide bonds. The quantitative estimate of drug-likeness (QED) is 0.793. The summed E-state index contributed by atoms with van der Waals surface area (Å²) in [6, 6.07) is 5.46. The minimum atomic E-state index is -3.74. The second kappa shape index (κ2) is 9.01. The second-order valence-corrected chi connectivity index (χ2v) is 7.84. The molecule has 1 heterocycles. The maximum Gasteiger partial charge on any atom is 0.241 e. The van der Waals surface area contributed by atoms with Gasteiger partial charge in [0.2, 0.25) is 15.9 Å². The highest BCUT2D eigenvalue weighted by atomic mass is 35.5. The van der Waals surface area contributed by atoms with Crippen LogP contribution < -0.4 is 10.0 Å². The lowest BCUT2D eigenvalue weighted by Crippen LogP contribution is -2.51. The molecular formula is C15H23Cl2N3O3S. The van der Waals surface area contributed by atoms with Gasteiger partial charge < -0.3 is 10.2 Å². The molecule has 6 nitrogen and oxygen atoms in total. The van der Waals surface area contributed by atoms with Gasteiger partial charge in [0.05, 0.1) is 10.9 Å². The number of hydrogen-bond donors (Lipinski definition) is 2. The van der Waals surface area contributed by atoms with Gasteiger partial charge in [-0.1, -0.05) is 11.6 Å². The fraction of sp³-hybridized carbons (Fsp3) is 0.533. The number of carbonyl (C=O) groups is 1. The van der Waals surface area contributed by atoms with Gasteiger partial charge in [-0.3, -0.25) is 4.79 Å². The van der Waals surface area contributed by atoms with Crippen molar-refractivity contribution in [2.45, 2.75) is 36.7 Å². The van der Waals surface area contributed by atoms with Crippen molar-refractivity contribution in [1.29, 1.82) is 0 Å². The van der Waals surface area contributed by atoms with Crippen LogP contribution in [-0.2, 0) is 14.8 Å². The van der Waals surface area contributed by atoms with E-state index in [0.29, 0.717) is 24.2 Å². The number of hydrogen-bond acceptors (Lipinski definition) is 4. The number of benzene rings is 1. The molecule has 1 aromatic carbocycles. The molecule has 0 aliphatic carbocycles. The van der Waals surface area contributed by atoms with E-state index < -0.39 is 16.1 Å². The number of rotatable bonds is 5. The van der Waals surface area contributed by atoms with Crippen molar-refractivity contribution in [2.24, 2.45) is 0 Å². The third kappa shape index (κ3) is 5.32. The lowest BCUT2D eigenvalue weighted by molar-refractivity contribution is -0.133. The molecule has 1 fully saturated rings. The summed E-state index contributed by atoms with van der Waals surface area (Å²) < 4.78 is 27.0. The van der Waals surface area contributed by atoms with Crippen molar-refractivity contribution in [3.8, 4) is 0 Å². The number of likely N-dealkylation sites (tertiary alicyclic amines) is 1. The van der Waals surface area contributed by atoms with Crippen molar-refractivity contribution in [1.82, 2.24) is 14.9 Å². The summed E-state index contributed by atoms with van der Waals surface area (Å²) in [5.41, 5.74) is 0. The van der Waals surface area contributed by atoms with Crippen molar-refractivity contribution >= 4 is 39.9 Å². The zero-order valence-electron chi connectivity index (χ0n) is 13.7. The van der Waals surface area contributed by atoms with Crippen LogP contribution in [0.25, 0.3) is 0 Å². The van der Waals surface area contributed by atoms with Gasteiger partial charge in [0.15, 0.2) is 0 Å². The third-order valence-electron chi connectivity index (χ3n) is 4.04. The highest BCUT2D eigenvalue weighted by Gasteiger charge is 2.28. The van der Waals surface area contributed by atoms with Crippen molar-refractivity contribution < 1.29 is 13.2 Å². The first kappa shape index (κ1) is 21.2. The molecule has 136 valence electrons. The topological polar surface area (TPSA) is 78.5 Å². The van der Waals surface area contributed by atoms with Crippen LogP contribution in [0.4, 0.5) is 0 Å². The van der Waals surface area contributed by atoms with Crippen LogP contribution in [0.2, 0.25) is 5.02 Å². The molecule has 9 heteroatoms. The number of nitrogens with zero attached hydrogens (tertiary/aromatic N) is 1. The van der Waals surface area contributed by atoms with E-state index in [2.05, 4.69) is 10.0 Å². The Morgan fingerprint density at radius 3 is 2.29 bits per heavy atom. The minimum Gasteiger partial charge on any atom is -0.341 e. The zero-order valence-corrected chi connectivity index (χ0v) is 16.0. The number of amides is 1. The van der Waals surface area contributed by atoms with Crippen LogP contribution in [-0.4, -0.2) is 51.4 Å². The van der Waals surface area contributed by atoms with E-state index in [1.165, 1.54) is 24.3 Å². The molecule has 1 aliphatic heterocycles. The normalized spacial score (nSPS) is 17.2. The Labute approximate surface area is 154 Å². The molecule has 1 unspecified atom stereocenters. The van der Waals surface area contributed by atoms with Crippen LogP contribution in [0, 0.1) is 0 Å². The van der Waals surface area contributed by atoms with E-state index in [1.54, 1.807) is 11.8 Å². The Kier molecular flexibility index (Phi) is 7.95. The van der Waals surface area contributed by atoms with Crippen LogP contribution in [0.3, 0.4) is 0 Å². The molecule has 0 bridgehead atoms. The number of piperidine rings is 1. The van der Waals surface area contributed by atoms with Crippen LogP contribution in [0.15, 0.2) is 29.2 Å². The van der Waals surface area contributed by atoms with Crippen LogP contribution in [0.5, 0.6) is 0 Å². The molecule has 2 N–H and O–H groups in total. The van der Waals surface area contributed by atoms with E-state index >= 15 is 0 Å². The highest BCUT2D eigenvalue weighted by molar-refractivity contribution is 7.89. The van der Waals surface area contributed by atoms with E-state index in [9.17, 15) is 13.2 Å². The number of sulfonamides is 1. The molecule has 1 saturated heterocycles. The lowest BCUT2D eigenvalue weighted by Gasteiger charge is -2.33. The monoisotopic (exact) mass is 395 g/mol. The van der Waals surface area contributed by atoms with E-state index in [4.69, 9.17) is 11.6 Å². The summed E-state index contributed by atoms with van der Waals surface area (Å²) in [5, 5.41) is 3.66. The molecule has 0 radical (unpaired) electrons. The van der Waals surface area contributed by atoms with Crippen LogP contribution >= 0.6 is 24.0 Å². The van der Waals surface area contributed by atoms with Gasteiger partial charge >= 0.3 is 0 Å². The lowest BCUT2D eigenvalue weighted by atomic mass is 10.0. The fourth-order valence-electron chi connectivity index (χ4n) is 2.63. The van der Waals surface area contributed by atoms with Gasteiger partial charge in [-0.05, 0) is 51.1 Å². The summed E-state index contributed by atoms with van der Waals surface area (Å²) in [4.78, 5) is 14.2. The summed E-state index contributed by atoms with van der Waals surface area (Å²) in [5.74, 6) is -0.197. The van der Waals surface area contributed by atoms with Crippen molar-refractivity contribution in [2.75, 3.05) is 20.1 Å². The zero-order chi connectivity index (χ0) is 17.0. The Balaban J connectivity index is 0.00000288. The molecule has 1 aliphatic rings. The first-order chi connectivity index (χ1) is 10.8. The van der Waals surface area contributed by atoms with Crippen LogP contribution in [0.1, 0.15) is 19.8 Å². The predicted octanol–water partition coefficient (Wildman–Crippen LogP) is 1.64. The Morgan fingerprint density at radius 1 is 1.25 bits per heavy atom. The Bertz CT molecular complexity index is 644. The number of nitrogens with one attached hydrogen (secondary N) is 2. The maximum absolute atomic E-state index is 12.4. The fourth-order valence-corrected chi connectivity index (χ4v) is 3.95. The predicted molar refractivity (Wildman–Crippen MR) is 97.1 cm³/mol. The van der Waals surface area contributed by atoms with Gasteiger partial charge in [0.1, 0.15) is 0 Å². The Morgan fingerprint density at radius 2 is 1.79 bits per heavy atom. The van der Waals surface area contributed by atoms with Crippen molar-refractivity contribution in [3.63, 3.8) is 0 Å². The SMILES string of the molecule is CNC1CCN(C(=O)C(C)NS(=O)(=O)c2ccc(Cl)cc2)CC1.Cl. The average molecular weight is 396 g/mol. The average Bonchev–Trinajstić information content (AvgIpc) is 2.54. The molecule has 1 atom stereocenters. The largest absolute Gasteiger partial charge is 0.341 e. The first-order valence-corrected chi connectivity index (χ1v) is 9.43.